The van der Waals surface area contributed by atoms with Gasteiger partial charge >= 0.3 is 6.03 Å². The van der Waals surface area contributed by atoms with Gasteiger partial charge in [-0.2, -0.15) is 0 Å². The van der Waals surface area contributed by atoms with Crippen LogP contribution in [0.1, 0.15) is 27.2 Å². The van der Waals surface area contributed by atoms with Crippen molar-refractivity contribution >= 4 is 11.7 Å². The molecule has 0 spiro atoms. The first kappa shape index (κ1) is 19.2. The number of aliphatic hydroxyl groups is 1. The SMILES string of the molecule is COc1c(F)cc(NC(=O)N(CCCO)CC(C)(C)C)cc1F. The topological polar surface area (TPSA) is 61.8 Å². The van der Waals surface area contributed by atoms with Crippen LogP contribution in [0.15, 0.2) is 12.1 Å². The van der Waals surface area contributed by atoms with Crippen molar-refractivity contribution in [3.05, 3.63) is 23.8 Å². The first-order chi connectivity index (χ1) is 10.7. The number of anilines is 1. The summed E-state index contributed by atoms with van der Waals surface area (Å²) in [5, 5.41) is 11.4. The second kappa shape index (κ2) is 8.10. The van der Waals surface area contributed by atoms with E-state index in [4.69, 9.17) is 5.11 Å². The summed E-state index contributed by atoms with van der Waals surface area (Å²) >= 11 is 0. The van der Waals surface area contributed by atoms with Crippen molar-refractivity contribution in [2.75, 3.05) is 32.1 Å². The van der Waals surface area contributed by atoms with E-state index in [9.17, 15) is 13.6 Å². The summed E-state index contributed by atoms with van der Waals surface area (Å²) in [6, 6.07) is 1.53. The Morgan fingerprint density at radius 3 is 2.30 bits per heavy atom. The van der Waals surface area contributed by atoms with Gasteiger partial charge in [0.15, 0.2) is 17.4 Å². The Bertz CT molecular complexity index is 522. The maximum Gasteiger partial charge on any atom is 0.321 e. The summed E-state index contributed by atoms with van der Waals surface area (Å²) in [5.74, 6) is -2.27. The number of methoxy groups -OCH3 is 1. The maximum absolute atomic E-state index is 13.7. The molecule has 2 N–H and O–H groups in total. The molecule has 1 rings (SSSR count). The highest BCUT2D eigenvalue weighted by atomic mass is 19.1. The lowest BCUT2D eigenvalue weighted by atomic mass is 9.96. The second-order valence-corrected chi connectivity index (χ2v) is 6.46. The largest absolute Gasteiger partial charge is 0.491 e. The Labute approximate surface area is 135 Å². The van der Waals surface area contributed by atoms with E-state index in [1.165, 1.54) is 12.0 Å². The Morgan fingerprint density at radius 2 is 1.87 bits per heavy atom. The number of aliphatic hydroxyl groups excluding tert-OH is 1. The van der Waals surface area contributed by atoms with E-state index in [0.29, 0.717) is 19.5 Å². The molecule has 1 aromatic carbocycles. The molecule has 1 aromatic rings. The van der Waals surface area contributed by atoms with Gasteiger partial charge < -0.3 is 20.1 Å². The quantitative estimate of drug-likeness (QED) is 0.842. The third-order valence-electron chi connectivity index (χ3n) is 2.99. The number of halogens is 2. The number of nitrogens with one attached hydrogen (secondary N) is 1. The lowest BCUT2D eigenvalue weighted by Gasteiger charge is -2.30. The first-order valence-corrected chi connectivity index (χ1v) is 7.38. The van der Waals surface area contributed by atoms with Crippen molar-refractivity contribution in [2.24, 2.45) is 5.41 Å². The minimum absolute atomic E-state index is 0.00806. The van der Waals surface area contributed by atoms with Crippen molar-refractivity contribution in [2.45, 2.75) is 27.2 Å². The Kier molecular flexibility index (Phi) is 6.75. The lowest BCUT2D eigenvalue weighted by Crippen LogP contribution is -2.41. The Hall–Kier alpha value is -1.89. The van der Waals surface area contributed by atoms with Gasteiger partial charge in [-0.1, -0.05) is 20.8 Å². The molecule has 0 heterocycles. The molecule has 130 valence electrons. The molecular weight excluding hydrogens is 306 g/mol. The van der Waals surface area contributed by atoms with E-state index in [-0.39, 0.29) is 17.7 Å². The second-order valence-electron chi connectivity index (χ2n) is 6.46. The average molecular weight is 330 g/mol. The molecule has 2 amide bonds. The van der Waals surface area contributed by atoms with Crippen LogP contribution in [0.3, 0.4) is 0 Å². The standard InChI is InChI=1S/C16H24F2N2O3/c1-16(2,3)10-20(6-5-7-21)15(22)19-11-8-12(17)14(23-4)13(18)9-11/h8-9,21H,5-7,10H2,1-4H3,(H,19,22). The van der Waals surface area contributed by atoms with Crippen LogP contribution in [0, 0.1) is 17.0 Å². The fraction of sp³-hybridized carbons (Fsp3) is 0.562. The highest BCUT2D eigenvalue weighted by Gasteiger charge is 2.21. The van der Waals surface area contributed by atoms with Gasteiger partial charge in [-0.25, -0.2) is 13.6 Å². The number of urea groups is 1. The highest BCUT2D eigenvalue weighted by Crippen LogP contribution is 2.25. The molecule has 5 nitrogen and oxygen atoms in total. The Balaban J connectivity index is 2.89. The number of hydrogen-bond acceptors (Lipinski definition) is 3. The minimum Gasteiger partial charge on any atom is -0.491 e. The summed E-state index contributed by atoms with van der Waals surface area (Å²) < 4.78 is 31.9. The number of ether oxygens (including phenoxy) is 1. The predicted molar refractivity (Wildman–Crippen MR) is 84.7 cm³/mol. The summed E-state index contributed by atoms with van der Waals surface area (Å²) in [7, 11) is 1.17. The number of hydrogen-bond donors (Lipinski definition) is 2. The number of nitrogens with zero attached hydrogens (tertiary/aromatic N) is 1. The van der Waals surface area contributed by atoms with Crippen molar-refractivity contribution in [3.8, 4) is 5.75 Å². The van der Waals surface area contributed by atoms with E-state index < -0.39 is 23.4 Å². The zero-order valence-electron chi connectivity index (χ0n) is 13.9. The molecule has 0 bridgehead atoms. The van der Waals surface area contributed by atoms with Crippen LogP contribution >= 0.6 is 0 Å². The van der Waals surface area contributed by atoms with Gasteiger partial charge in [0.05, 0.1) is 7.11 Å². The normalized spacial score (nSPS) is 11.3. The van der Waals surface area contributed by atoms with Crippen molar-refractivity contribution in [1.82, 2.24) is 4.90 Å². The van der Waals surface area contributed by atoms with Crippen LogP contribution < -0.4 is 10.1 Å². The number of rotatable bonds is 6. The molecule has 23 heavy (non-hydrogen) atoms. The van der Waals surface area contributed by atoms with Gasteiger partial charge in [0, 0.05) is 37.5 Å². The van der Waals surface area contributed by atoms with E-state index in [1.54, 1.807) is 0 Å². The summed E-state index contributed by atoms with van der Waals surface area (Å²) in [6.07, 6.45) is 0.425. The van der Waals surface area contributed by atoms with E-state index >= 15 is 0 Å². The van der Waals surface area contributed by atoms with Gasteiger partial charge in [0.2, 0.25) is 0 Å². The highest BCUT2D eigenvalue weighted by molar-refractivity contribution is 5.89. The van der Waals surface area contributed by atoms with Crippen LogP contribution in [0.5, 0.6) is 5.75 Å². The van der Waals surface area contributed by atoms with Gasteiger partial charge in [-0.05, 0) is 11.8 Å². The zero-order chi connectivity index (χ0) is 17.6. The van der Waals surface area contributed by atoms with Crippen LogP contribution in [-0.4, -0.2) is 42.8 Å². The molecular formula is C16H24F2N2O3. The van der Waals surface area contributed by atoms with E-state index in [0.717, 1.165) is 12.1 Å². The zero-order valence-corrected chi connectivity index (χ0v) is 13.9. The fourth-order valence-corrected chi connectivity index (χ4v) is 2.12. The summed E-state index contributed by atoms with van der Waals surface area (Å²) in [6.45, 7) is 6.66. The number of carbonyl (C=O) groups excluding carboxylic acids is 1. The van der Waals surface area contributed by atoms with Crippen LogP contribution in [0.2, 0.25) is 0 Å². The van der Waals surface area contributed by atoms with Gasteiger partial charge in [0.25, 0.3) is 0 Å². The van der Waals surface area contributed by atoms with Crippen molar-refractivity contribution in [3.63, 3.8) is 0 Å². The molecule has 0 saturated heterocycles. The molecule has 0 radical (unpaired) electrons. The van der Waals surface area contributed by atoms with Gasteiger partial charge in [-0.3, -0.25) is 0 Å². The third-order valence-corrected chi connectivity index (χ3v) is 2.99. The van der Waals surface area contributed by atoms with E-state index in [2.05, 4.69) is 10.1 Å². The molecule has 0 aromatic heterocycles. The molecule has 0 unspecified atom stereocenters. The summed E-state index contributed by atoms with van der Waals surface area (Å²) in [5.41, 5.74) is -0.142. The number of amides is 2. The monoisotopic (exact) mass is 330 g/mol. The molecule has 0 fully saturated rings. The maximum atomic E-state index is 13.7. The van der Waals surface area contributed by atoms with E-state index in [1.807, 2.05) is 20.8 Å². The Morgan fingerprint density at radius 1 is 1.30 bits per heavy atom. The van der Waals surface area contributed by atoms with Crippen molar-refractivity contribution < 1.29 is 23.4 Å². The van der Waals surface area contributed by atoms with Gasteiger partial charge in [-0.15, -0.1) is 0 Å². The van der Waals surface area contributed by atoms with Crippen LogP contribution in [-0.2, 0) is 0 Å². The molecule has 0 aliphatic rings. The predicted octanol–water partition coefficient (Wildman–Crippen LogP) is 3.24. The van der Waals surface area contributed by atoms with Crippen molar-refractivity contribution in [1.29, 1.82) is 0 Å². The molecule has 0 aliphatic carbocycles. The van der Waals surface area contributed by atoms with Crippen LogP contribution in [0.25, 0.3) is 0 Å². The minimum atomic E-state index is -0.888. The van der Waals surface area contributed by atoms with Gasteiger partial charge in [0.1, 0.15) is 0 Å². The number of benzene rings is 1. The summed E-state index contributed by atoms with van der Waals surface area (Å²) in [4.78, 5) is 13.8. The molecule has 0 aliphatic heterocycles. The number of carbonyl (C=O) groups is 1. The third kappa shape index (κ3) is 6.02. The molecule has 7 heteroatoms. The average Bonchev–Trinajstić information content (AvgIpc) is 2.41. The smallest absolute Gasteiger partial charge is 0.321 e. The molecule has 0 atom stereocenters. The molecule has 0 saturated carbocycles. The first-order valence-electron chi connectivity index (χ1n) is 7.38. The lowest BCUT2D eigenvalue weighted by molar-refractivity contribution is 0.176. The fourth-order valence-electron chi connectivity index (χ4n) is 2.12. The van der Waals surface area contributed by atoms with Crippen LogP contribution in [0.4, 0.5) is 19.3 Å².